The molecule has 4 heterocycles. The van der Waals surface area contributed by atoms with Gasteiger partial charge in [-0.15, -0.1) is 0 Å². The lowest BCUT2D eigenvalue weighted by Gasteiger charge is -2.46. The highest BCUT2D eigenvalue weighted by atomic mass is 16.2. The Morgan fingerprint density at radius 1 is 1.14 bits per heavy atom. The number of hydrogen-bond acceptors (Lipinski definition) is 7. The van der Waals surface area contributed by atoms with Gasteiger partial charge in [0.15, 0.2) is 0 Å². The summed E-state index contributed by atoms with van der Waals surface area (Å²) in [7, 11) is 1.61. The number of nitrogens with one attached hydrogen (secondary N) is 1. The second kappa shape index (κ2) is 10.3. The summed E-state index contributed by atoms with van der Waals surface area (Å²) in [6, 6.07) is 8.50. The molecule has 4 rings (SSSR count). The summed E-state index contributed by atoms with van der Waals surface area (Å²) in [5, 5.41) is 2.89. The second-order valence-electron chi connectivity index (χ2n) is 8.35. The van der Waals surface area contributed by atoms with Gasteiger partial charge in [-0.1, -0.05) is 13.0 Å². The number of rotatable bonds is 7. The summed E-state index contributed by atoms with van der Waals surface area (Å²) in [6.45, 7) is 1.92. The third-order valence-corrected chi connectivity index (χ3v) is 6.16. The van der Waals surface area contributed by atoms with E-state index in [0.29, 0.717) is 17.9 Å². The van der Waals surface area contributed by atoms with Crippen LogP contribution in [0.25, 0.3) is 0 Å². The minimum Gasteiger partial charge on any atom is -0.384 e. The topological polar surface area (TPSA) is 134 Å². The third kappa shape index (κ3) is 4.96. The molecule has 4 amide bonds. The fourth-order valence-corrected chi connectivity index (χ4v) is 4.25. The summed E-state index contributed by atoms with van der Waals surface area (Å²) in [5.74, 6) is -1.17. The summed E-state index contributed by atoms with van der Waals surface area (Å²) >= 11 is 0. The number of β-lactam (4-membered cyclic amide) rings is 1. The number of carbonyl (C=O) groups is 3. The Bertz CT molecular complexity index is 1210. The van der Waals surface area contributed by atoms with Gasteiger partial charge >= 0.3 is 6.03 Å². The van der Waals surface area contributed by atoms with Crippen LogP contribution in [-0.2, 0) is 16.0 Å². The molecule has 180 valence electrons. The monoisotopic (exact) mass is 473 g/mol. The lowest BCUT2D eigenvalue weighted by Crippen LogP contribution is -2.70. The van der Waals surface area contributed by atoms with Crippen LogP contribution in [0.4, 0.5) is 16.3 Å². The van der Waals surface area contributed by atoms with Gasteiger partial charge < -0.3 is 16.0 Å². The Labute approximate surface area is 203 Å². The molecule has 1 saturated heterocycles. The Morgan fingerprint density at radius 3 is 2.57 bits per heavy atom. The molecule has 0 saturated carbocycles. The molecule has 3 atom stereocenters. The zero-order chi connectivity index (χ0) is 24.9. The molecule has 3 N–H and O–H groups in total. The summed E-state index contributed by atoms with van der Waals surface area (Å²) in [5.41, 5.74) is 7.98. The van der Waals surface area contributed by atoms with Crippen LogP contribution in [0.3, 0.4) is 0 Å². The molecule has 3 aromatic rings. The van der Waals surface area contributed by atoms with Crippen LogP contribution >= 0.6 is 0 Å². The summed E-state index contributed by atoms with van der Waals surface area (Å²) in [4.78, 5) is 54.6. The Morgan fingerprint density at radius 2 is 1.91 bits per heavy atom. The van der Waals surface area contributed by atoms with Gasteiger partial charge in [0.05, 0.1) is 12.0 Å². The number of nitrogen functional groups attached to an aromatic ring is 1. The number of hydrogen-bond donors (Lipinski definition) is 2. The molecule has 0 radical (unpaired) electrons. The average Bonchev–Trinajstić information content (AvgIpc) is 2.89. The fraction of sp³-hybridized carbons (Fsp3) is 0.280. The molecule has 0 spiro atoms. The molecule has 1 aliphatic heterocycles. The maximum Gasteiger partial charge on any atom is 0.325 e. The molecule has 1 aliphatic rings. The van der Waals surface area contributed by atoms with Crippen molar-refractivity contribution in [1.82, 2.24) is 25.2 Å². The lowest BCUT2D eigenvalue weighted by molar-refractivity contribution is -0.156. The summed E-state index contributed by atoms with van der Waals surface area (Å²) in [6.07, 6.45) is 8.88. The maximum atomic E-state index is 13.6. The number of imide groups is 1. The fourth-order valence-electron chi connectivity index (χ4n) is 4.25. The van der Waals surface area contributed by atoms with Gasteiger partial charge in [0.2, 0.25) is 5.91 Å². The van der Waals surface area contributed by atoms with Gasteiger partial charge in [0.1, 0.15) is 11.9 Å². The molecule has 0 bridgehead atoms. The smallest absolute Gasteiger partial charge is 0.325 e. The molecule has 1 unspecified atom stereocenters. The first-order valence-electron chi connectivity index (χ1n) is 11.3. The number of urea groups is 1. The highest BCUT2D eigenvalue weighted by molar-refractivity contribution is 6.12. The predicted molar refractivity (Wildman–Crippen MR) is 130 cm³/mol. The lowest BCUT2D eigenvalue weighted by atomic mass is 9.81. The quantitative estimate of drug-likeness (QED) is 0.503. The zero-order valence-electron chi connectivity index (χ0n) is 19.5. The number of nitrogens with two attached hydrogens (primary N) is 1. The number of likely N-dealkylation sites (N-methyl/N-ethyl adjacent to an activating group) is 1. The van der Waals surface area contributed by atoms with Crippen molar-refractivity contribution in [3.05, 3.63) is 78.5 Å². The maximum absolute atomic E-state index is 13.6. The van der Waals surface area contributed by atoms with E-state index >= 15 is 0 Å². The van der Waals surface area contributed by atoms with Crippen LogP contribution in [0, 0.1) is 5.92 Å². The highest BCUT2D eigenvalue weighted by Gasteiger charge is 2.55. The van der Waals surface area contributed by atoms with E-state index in [1.807, 2.05) is 13.0 Å². The first-order valence-corrected chi connectivity index (χ1v) is 11.3. The van der Waals surface area contributed by atoms with Crippen LogP contribution in [0.1, 0.15) is 30.5 Å². The van der Waals surface area contributed by atoms with Crippen LogP contribution in [0.5, 0.6) is 0 Å². The van der Waals surface area contributed by atoms with Crippen LogP contribution in [0.15, 0.2) is 67.4 Å². The average molecular weight is 474 g/mol. The Kier molecular flexibility index (Phi) is 7.00. The van der Waals surface area contributed by atoms with E-state index in [-0.39, 0.29) is 18.4 Å². The zero-order valence-corrected chi connectivity index (χ0v) is 19.5. The van der Waals surface area contributed by atoms with Crippen molar-refractivity contribution in [3.63, 3.8) is 0 Å². The van der Waals surface area contributed by atoms with Crippen molar-refractivity contribution >= 4 is 29.4 Å². The molecule has 0 aromatic carbocycles. The van der Waals surface area contributed by atoms with Crippen molar-refractivity contribution in [3.8, 4) is 0 Å². The standard InChI is InChI=1S/C25H27N7O3/c1-3-20(17-5-4-9-28-15-17)30-25(35)32-22(24(34)31(2)18-7-10-27-11-8-18)19(23(32)33)13-16-6-12-29-21(26)14-16/h4-12,14-15,19-20,22H,3,13H2,1-2H3,(H2,26,29)(H,30,35)/t19-,20?,22+/m1/s1. The number of anilines is 2. The number of nitrogens with zero attached hydrogens (tertiary/aromatic N) is 5. The number of carbonyl (C=O) groups excluding carboxylic acids is 3. The van der Waals surface area contributed by atoms with Crippen LogP contribution in [-0.4, -0.2) is 50.8 Å². The Hall–Kier alpha value is -4.34. The van der Waals surface area contributed by atoms with Crippen molar-refractivity contribution in [2.24, 2.45) is 5.92 Å². The molecule has 10 nitrogen and oxygen atoms in total. The summed E-state index contributed by atoms with van der Waals surface area (Å²) < 4.78 is 0. The van der Waals surface area contributed by atoms with Crippen molar-refractivity contribution in [2.75, 3.05) is 17.7 Å². The van der Waals surface area contributed by atoms with Gasteiger partial charge in [-0.2, -0.15) is 0 Å². The first kappa shape index (κ1) is 23.8. The van der Waals surface area contributed by atoms with Crippen molar-refractivity contribution < 1.29 is 14.4 Å². The van der Waals surface area contributed by atoms with E-state index in [9.17, 15) is 14.4 Å². The third-order valence-electron chi connectivity index (χ3n) is 6.16. The Balaban J connectivity index is 1.59. The molecule has 3 aromatic heterocycles. The van der Waals surface area contributed by atoms with Gasteiger partial charge in [0, 0.05) is 43.7 Å². The largest absolute Gasteiger partial charge is 0.384 e. The van der Waals surface area contributed by atoms with Gasteiger partial charge in [-0.3, -0.25) is 24.5 Å². The van der Waals surface area contributed by atoms with Crippen molar-refractivity contribution in [2.45, 2.75) is 31.8 Å². The first-order chi connectivity index (χ1) is 16.9. The number of aromatic nitrogens is 3. The predicted octanol–water partition coefficient (Wildman–Crippen LogP) is 2.35. The van der Waals surface area contributed by atoms with Gasteiger partial charge in [0.25, 0.3) is 5.91 Å². The molecule has 10 heteroatoms. The van der Waals surface area contributed by atoms with Crippen LogP contribution in [0.2, 0.25) is 0 Å². The van der Waals surface area contributed by atoms with E-state index in [0.717, 1.165) is 16.0 Å². The second-order valence-corrected chi connectivity index (χ2v) is 8.35. The van der Waals surface area contributed by atoms with E-state index < -0.39 is 23.9 Å². The van der Waals surface area contributed by atoms with E-state index in [1.165, 1.54) is 4.90 Å². The normalized spacial score (nSPS) is 17.9. The van der Waals surface area contributed by atoms with E-state index in [4.69, 9.17) is 5.73 Å². The van der Waals surface area contributed by atoms with Gasteiger partial charge in [-0.05, 0) is 54.3 Å². The molecular formula is C25H27N7O3. The van der Waals surface area contributed by atoms with Crippen molar-refractivity contribution in [1.29, 1.82) is 0 Å². The molecular weight excluding hydrogens is 446 g/mol. The molecule has 35 heavy (non-hydrogen) atoms. The van der Waals surface area contributed by atoms with E-state index in [2.05, 4.69) is 20.3 Å². The molecule has 0 aliphatic carbocycles. The van der Waals surface area contributed by atoms with Gasteiger partial charge in [-0.25, -0.2) is 9.78 Å². The SMILES string of the molecule is CCC(NC(=O)N1C(=O)[C@H](Cc2ccnc(N)c2)[C@H]1C(=O)N(C)c1ccncc1)c1cccnc1. The minimum absolute atomic E-state index is 0.260. The van der Waals surface area contributed by atoms with E-state index in [1.54, 1.807) is 68.4 Å². The minimum atomic E-state index is -0.971. The van der Waals surface area contributed by atoms with Crippen LogP contribution < -0.4 is 16.0 Å². The number of likely N-dealkylation sites (tertiary alicyclic amines) is 1. The number of amides is 4. The number of pyridine rings is 3. The molecule has 1 fully saturated rings. The highest BCUT2D eigenvalue weighted by Crippen LogP contribution is 2.33.